The van der Waals surface area contributed by atoms with Crippen LogP contribution in [-0.4, -0.2) is 54.3 Å². The predicted octanol–water partition coefficient (Wildman–Crippen LogP) is 5.03. The second-order valence-electron chi connectivity index (χ2n) is 8.94. The number of likely N-dealkylation sites (N-methyl/N-ethyl adjacent to an activating group) is 1. The Morgan fingerprint density at radius 1 is 1.03 bits per heavy atom. The molecule has 6 nitrogen and oxygen atoms in total. The van der Waals surface area contributed by atoms with E-state index in [9.17, 15) is 4.79 Å². The highest BCUT2D eigenvalue weighted by atomic mass is 35.5. The normalized spacial score (nSPS) is 14.3. The van der Waals surface area contributed by atoms with Crippen molar-refractivity contribution in [3.05, 3.63) is 83.4 Å². The minimum Gasteiger partial charge on any atom is -0.367 e. The summed E-state index contributed by atoms with van der Waals surface area (Å²) in [7, 11) is 0. The number of amides is 1. The number of aromatic nitrogens is 2. The van der Waals surface area contributed by atoms with Crippen LogP contribution in [0.1, 0.15) is 12.5 Å². The molecule has 5 rings (SSSR count). The summed E-state index contributed by atoms with van der Waals surface area (Å²) in [6, 6.07) is 24.4. The van der Waals surface area contributed by atoms with Crippen LogP contribution in [-0.2, 0) is 11.3 Å². The Morgan fingerprint density at radius 3 is 2.56 bits per heavy atom. The van der Waals surface area contributed by atoms with Crippen molar-refractivity contribution in [3.8, 4) is 0 Å². The Hall–Kier alpha value is -3.00. The molecule has 186 valence electrons. The Bertz CT molecular complexity index is 1330. The first kappa shape index (κ1) is 24.7. The van der Waals surface area contributed by atoms with E-state index in [1.54, 1.807) is 0 Å². The van der Waals surface area contributed by atoms with Crippen molar-refractivity contribution < 1.29 is 9.36 Å². The van der Waals surface area contributed by atoms with E-state index in [4.69, 9.17) is 11.6 Å². The highest BCUT2D eigenvalue weighted by molar-refractivity contribution is 7.99. The molecule has 4 aromatic rings. The van der Waals surface area contributed by atoms with Crippen LogP contribution in [0.5, 0.6) is 0 Å². The molecule has 0 aliphatic carbocycles. The maximum absolute atomic E-state index is 13.1. The minimum atomic E-state index is -0.0550. The Morgan fingerprint density at radius 2 is 1.78 bits per heavy atom. The maximum atomic E-state index is 13.1. The first-order valence-electron chi connectivity index (χ1n) is 12.3. The molecule has 3 aromatic carbocycles. The highest BCUT2D eigenvalue weighted by Gasteiger charge is 2.22. The largest absolute Gasteiger partial charge is 0.367 e. The zero-order valence-corrected chi connectivity index (χ0v) is 22.0. The molecule has 8 heteroatoms. The van der Waals surface area contributed by atoms with E-state index in [1.165, 1.54) is 17.3 Å². The van der Waals surface area contributed by atoms with Crippen LogP contribution < -0.4 is 14.8 Å². The first-order chi connectivity index (χ1) is 17.6. The van der Waals surface area contributed by atoms with E-state index in [-0.39, 0.29) is 11.7 Å². The number of thioether (sulfide) groups is 1. The topological polar surface area (TPSA) is 55.2 Å². The average molecular weight is 521 g/mol. The van der Waals surface area contributed by atoms with Gasteiger partial charge in [0.25, 0.3) is 0 Å². The van der Waals surface area contributed by atoms with Gasteiger partial charge in [-0.25, -0.2) is 9.55 Å². The third kappa shape index (κ3) is 5.69. The minimum absolute atomic E-state index is 0.0550. The number of hydrogen-bond acceptors (Lipinski definition) is 4. The second-order valence-corrected chi connectivity index (χ2v) is 10.3. The lowest BCUT2D eigenvalue weighted by molar-refractivity contribution is -0.700. The van der Waals surface area contributed by atoms with E-state index in [2.05, 4.69) is 68.0 Å². The fourth-order valence-corrected chi connectivity index (χ4v) is 5.67. The number of aromatic amines is 1. The summed E-state index contributed by atoms with van der Waals surface area (Å²) >= 11 is 7.82. The van der Waals surface area contributed by atoms with Crippen molar-refractivity contribution >= 4 is 51.7 Å². The zero-order valence-electron chi connectivity index (χ0n) is 20.4. The molecule has 2 N–H and O–H groups in total. The van der Waals surface area contributed by atoms with Gasteiger partial charge in [0, 0.05) is 31.2 Å². The Balaban J connectivity index is 1.31. The Labute approximate surface area is 221 Å². The SMILES string of the molecule is CCN1CCN(c2ccc(Cl)cc2NC(=O)CSc2[nH]c3ccccc3[n+]2Cc2ccccc2)CC1. The second kappa shape index (κ2) is 11.4. The number of piperazine rings is 1. The summed E-state index contributed by atoms with van der Waals surface area (Å²) in [4.78, 5) is 21.4. The molecule has 2 heterocycles. The van der Waals surface area contributed by atoms with Crippen LogP contribution in [0.4, 0.5) is 11.4 Å². The van der Waals surface area contributed by atoms with E-state index in [0.717, 1.165) is 66.8 Å². The monoisotopic (exact) mass is 520 g/mol. The van der Waals surface area contributed by atoms with E-state index in [0.29, 0.717) is 5.02 Å². The number of nitrogens with zero attached hydrogens (tertiary/aromatic N) is 3. The fraction of sp³-hybridized carbons (Fsp3) is 0.286. The van der Waals surface area contributed by atoms with Gasteiger partial charge in [-0.15, -0.1) is 0 Å². The van der Waals surface area contributed by atoms with Gasteiger partial charge in [0.1, 0.15) is 6.54 Å². The molecule has 0 bridgehead atoms. The number of halogens is 1. The zero-order chi connectivity index (χ0) is 24.9. The van der Waals surface area contributed by atoms with Crippen molar-refractivity contribution in [1.82, 2.24) is 9.88 Å². The molecule has 0 unspecified atom stereocenters. The van der Waals surface area contributed by atoms with Crippen LogP contribution >= 0.6 is 23.4 Å². The lowest BCUT2D eigenvalue weighted by Crippen LogP contribution is -2.46. The number of hydrogen-bond donors (Lipinski definition) is 2. The molecule has 1 saturated heterocycles. The van der Waals surface area contributed by atoms with Crippen molar-refractivity contribution in [2.75, 3.05) is 48.7 Å². The van der Waals surface area contributed by atoms with Gasteiger partial charge in [0.15, 0.2) is 11.0 Å². The highest BCUT2D eigenvalue weighted by Crippen LogP contribution is 2.30. The van der Waals surface area contributed by atoms with Crippen molar-refractivity contribution in [2.24, 2.45) is 0 Å². The smallest absolute Gasteiger partial charge is 0.317 e. The van der Waals surface area contributed by atoms with Crippen molar-refractivity contribution in [3.63, 3.8) is 0 Å². The molecule has 1 aromatic heterocycles. The van der Waals surface area contributed by atoms with Gasteiger partial charge in [0.2, 0.25) is 5.91 Å². The fourth-order valence-electron chi connectivity index (χ4n) is 4.65. The van der Waals surface area contributed by atoms with Gasteiger partial charge in [-0.2, -0.15) is 0 Å². The number of benzene rings is 3. The van der Waals surface area contributed by atoms with Crippen LogP contribution in [0.2, 0.25) is 5.02 Å². The molecule has 0 saturated carbocycles. The van der Waals surface area contributed by atoms with Crippen LogP contribution in [0.25, 0.3) is 11.0 Å². The lowest BCUT2D eigenvalue weighted by Gasteiger charge is -2.36. The summed E-state index contributed by atoms with van der Waals surface area (Å²) in [5.41, 5.74) is 5.18. The Kier molecular flexibility index (Phi) is 7.80. The molecule has 1 aliphatic rings. The van der Waals surface area contributed by atoms with Gasteiger partial charge in [-0.1, -0.05) is 61.0 Å². The number of nitrogens with one attached hydrogen (secondary N) is 2. The van der Waals surface area contributed by atoms with Crippen LogP contribution in [0.15, 0.2) is 78.0 Å². The molecule has 0 spiro atoms. The summed E-state index contributed by atoms with van der Waals surface area (Å²) in [5.74, 6) is 0.234. The van der Waals surface area contributed by atoms with Crippen LogP contribution in [0, 0.1) is 0 Å². The molecule has 1 fully saturated rings. The predicted molar refractivity (Wildman–Crippen MR) is 149 cm³/mol. The molecular formula is C28H31ClN5OS+. The summed E-state index contributed by atoms with van der Waals surface area (Å²) in [6.07, 6.45) is 0. The van der Waals surface area contributed by atoms with Gasteiger partial charge in [-0.3, -0.25) is 4.79 Å². The molecule has 0 radical (unpaired) electrons. The summed E-state index contributed by atoms with van der Waals surface area (Å²) in [5, 5.41) is 4.70. The lowest BCUT2D eigenvalue weighted by atomic mass is 10.2. The standard InChI is InChI=1S/C28H30ClN5OS/c1-2-32-14-16-33(17-15-32)25-13-12-22(29)18-24(25)30-27(35)20-36-28-31-23-10-6-7-11-26(23)34(28)19-21-8-4-3-5-9-21/h3-13,18H,2,14-17,19-20H2,1H3,(H,30,35)/p+1. The summed E-state index contributed by atoms with van der Waals surface area (Å²) in [6.45, 7) is 7.89. The molecule has 1 amide bonds. The number of carbonyl (C=O) groups excluding carboxylic acids is 1. The van der Waals surface area contributed by atoms with E-state index in [1.807, 2.05) is 36.4 Å². The number of imidazole rings is 1. The molecule has 1 aliphatic heterocycles. The van der Waals surface area contributed by atoms with E-state index < -0.39 is 0 Å². The summed E-state index contributed by atoms with van der Waals surface area (Å²) < 4.78 is 2.24. The third-order valence-electron chi connectivity index (χ3n) is 6.60. The van der Waals surface area contributed by atoms with Gasteiger partial charge in [-0.05, 0) is 54.2 Å². The maximum Gasteiger partial charge on any atom is 0.317 e. The number of rotatable bonds is 8. The number of carbonyl (C=O) groups is 1. The van der Waals surface area contributed by atoms with E-state index >= 15 is 0 Å². The molecular weight excluding hydrogens is 490 g/mol. The first-order valence-corrected chi connectivity index (χ1v) is 13.7. The third-order valence-corrected chi connectivity index (χ3v) is 7.84. The molecule has 36 heavy (non-hydrogen) atoms. The van der Waals surface area contributed by atoms with Crippen molar-refractivity contribution in [2.45, 2.75) is 18.6 Å². The van der Waals surface area contributed by atoms with Crippen molar-refractivity contribution in [1.29, 1.82) is 0 Å². The van der Waals surface area contributed by atoms with Gasteiger partial charge in [0.05, 0.1) is 17.1 Å². The number of anilines is 2. The number of H-pyrrole nitrogens is 1. The average Bonchev–Trinajstić information content (AvgIpc) is 3.25. The molecule has 0 atom stereocenters. The number of para-hydroxylation sites is 2. The van der Waals surface area contributed by atoms with Crippen LogP contribution in [0.3, 0.4) is 0 Å². The van der Waals surface area contributed by atoms with Gasteiger partial charge < -0.3 is 15.1 Å². The quantitative estimate of drug-likeness (QED) is 0.253. The van der Waals surface area contributed by atoms with Gasteiger partial charge >= 0.3 is 5.16 Å². The number of fused-ring (bicyclic) bond motifs is 1.